The molecule has 0 radical (unpaired) electrons. The first-order valence-corrected chi connectivity index (χ1v) is 8.76. The Morgan fingerprint density at radius 2 is 2.10 bits per heavy atom. The van der Waals surface area contributed by atoms with Crippen LogP contribution in [0, 0.1) is 0 Å². The van der Waals surface area contributed by atoms with Gasteiger partial charge in [0, 0.05) is 19.1 Å². The molecule has 1 fully saturated rings. The van der Waals surface area contributed by atoms with Crippen molar-refractivity contribution in [3.63, 3.8) is 0 Å². The number of hydrogen-bond donors (Lipinski definition) is 2. The van der Waals surface area contributed by atoms with Gasteiger partial charge in [0.25, 0.3) is 0 Å². The van der Waals surface area contributed by atoms with Gasteiger partial charge in [0.05, 0.1) is 4.90 Å². The van der Waals surface area contributed by atoms with Gasteiger partial charge in [-0.2, -0.15) is 0 Å². The molecule has 0 amide bonds. The molecule has 6 nitrogen and oxygen atoms in total. The summed E-state index contributed by atoms with van der Waals surface area (Å²) in [5.74, 6) is 0.656. The fourth-order valence-electron chi connectivity index (χ4n) is 2.56. The third-order valence-electron chi connectivity index (χ3n) is 3.76. The number of nitrogens with two attached hydrogens (primary N) is 1. The van der Waals surface area contributed by atoms with E-state index in [2.05, 4.69) is 17.1 Å². The average Bonchev–Trinajstić information content (AvgIpc) is 2.97. The molecule has 0 aliphatic carbocycles. The van der Waals surface area contributed by atoms with E-state index < -0.39 is 10.0 Å². The Morgan fingerprint density at radius 3 is 2.62 bits per heavy atom. The lowest BCUT2D eigenvalue weighted by atomic mass is 10.2. The Kier molecular flexibility index (Phi) is 5.58. The molecule has 0 bridgehead atoms. The molecule has 3 N–H and O–H groups in total. The van der Waals surface area contributed by atoms with Crippen molar-refractivity contribution in [3.8, 4) is 5.75 Å². The van der Waals surface area contributed by atoms with E-state index in [1.54, 1.807) is 12.1 Å². The van der Waals surface area contributed by atoms with E-state index >= 15 is 0 Å². The van der Waals surface area contributed by atoms with Crippen LogP contribution in [0.25, 0.3) is 0 Å². The van der Waals surface area contributed by atoms with E-state index in [9.17, 15) is 8.42 Å². The second-order valence-electron chi connectivity index (χ2n) is 5.14. The molecule has 1 atom stereocenters. The quantitative estimate of drug-likeness (QED) is 0.761. The zero-order valence-electron chi connectivity index (χ0n) is 12.3. The predicted molar refractivity (Wildman–Crippen MR) is 81.8 cm³/mol. The van der Waals surface area contributed by atoms with E-state index in [0.717, 1.165) is 26.2 Å². The minimum absolute atomic E-state index is 0.0991. The van der Waals surface area contributed by atoms with Gasteiger partial charge in [-0.1, -0.05) is 6.92 Å². The maximum atomic E-state index is 11.2. The first-order valence-electron chi connectivity index (χ1n) is 7.21. The van der Waals surface area contributed by atoms with Gasteiger partial charge >= 0.3 is 0 Å². The Hall–Kier alpha value is -1.15. The molecule has 1 aromatic rings. The van der Waals surface area contributed by atoms with Gasteiger partial charge in [0.15, 0.2) is 0 Å². The highest BCUT2D eigenvalue weighted by atomic mass is 32.2. The third kappa shape index (κ3) is 4.67. The van der Waals surface area contributed by atoms with Gasteiger partial charge in [-0.3, -0.25) is 4.90 Å². The Morgan fingerprint density at radius 1 is 1.38 bits per heavy atom. The van der Waals surface area contributed by atoms with Gasteiger partial charge < -0.3 is 10.1 Å². The van der Waals surface area contributed by atoms with Crippen LogP contribution in [-0.4, -0.2) is 52.1 Å². The van der Waals surface area contributed by atoms with Gasteiger partial charge in [0.1, 0.15) is 12.4 Å². The molecule has 1 aliphatic heterocycles. The number of likely N-dealkylation sites (N-methyl/N-ethyl adjacent to an activating group) is 1. The number of primary sulfonamides is 1. The van der Waals surface area contributed by atoms with E-state index in [4.69, 9.17) is 9.88 Å². The minimum Gasteiger partial charge on any atom is -0.492 e. The first kappa shape index (κ1) is 16.2. The molecular formula is C14H23N3O3S. The summed E-state index contributed by atoms with van der Waals surface area (Å²) < 4.78 is 28.0. The largest absolute Gasteiger partial charge is 0.492 e. The number of hydrogen-bond acceptors (Lipinski definition) is 5. The van der Waals surface area contributed by atoms with Crippen molar-refractivity contribution in [2.75, 3.05) is 32.8 Å². The van der Waals surface area contributed by atoms with Crippen LogP contribution in [0.1, 0.15) is 13.3 Å². The summed E-state index contributed by atoms with van der Waals surface area (Å²) in [6.07, 6.45) is 1.18. The maximum absolute atomic E-state index is 11.2. The summed E-state index contributed by atoms with van der Waals surface area (Å²) in [5.41, 5.74) is 0. The Labute approximate surface area is 126 Å². The summed E-state index contributed by atoms with van der Waals surface area (Å²) in [4.78, 5) is 2.50. The molecule has 118 valence electrons. The van der Waals surface area contributed by atoms with E-state index in [0.29, 0.717) is 18.4 Å². The first-order chi connectivity index (χ1) is 10.0. The number of ether oxygens (including phenoxy) is 1. The fourth-order valence-corrected chi connectivity index (χ4v) is 3.07. The van der Waals surface area contributed by atoms with Crippen molar-refractivity contribution in [2.24, 2.45) is 5.14 Å². The van der Waals surface area contributed by atoms with Crippen molar-refractivity contribution < 1.29 is 13.2 Å². The van der Waals surface area contributed by atoms with Crippen LogP contribution in [0.15, 0.2) is 29.2 Å². The van der Waals surface area contributed by atoms with E-state index in [-0.39, 0.29) is 4.90 Å². The number of nitrogens with one attached hydrogen (secondary N) is 1. The normalized spacial score (nSPS) is 19.1. The maximum Gasteiger partial charge on any atom is 0.238 e. The molecule has 1 aliphatic rings. The molecule has 0 spiro atoms. The standard InChI is InChI=1S/C14H23N3O3S/c1-2-17(12-7-8-16-11-12)9-10-20-13-3-5-14(6-4-13)21(15,18)19/h3-6,12,16H,2,7-11H2,1H3,(H2,15,18,19). The number of sulfonamides is 1. The number of rotatable bonds is 7. The van der Waals surface area contributed by atoms with Gasteiger partial charge in [-0.25, -0.2) is 13.6 Å². The highest BCUT2D eigenvalue weighted by Crippen LogP contribution is 2.15. The van der Waals surface area contributed by atoms with Crippen LogP contribution < -0.4 is 15.2 Å². The highest BCUT2D eigenvalue weighted by molar-refractivity contribution is 7.89. The smallest absolute Gasteiger partial charge is 0.238 e. The molecular weight excluding hydrogens is 290 g/mol. The van der Waals surface area contributed by atoms with Crippen LogP contribution in [0.3, 0.4) is 0 Å². The van der Waals surface area contributed by atoms with Gasteiger partial charge in [0.2, 0.25) is 10.0 Å². The number of nitrogens with zero attached hydrogens (tertiary/aromatic N) is 1. The average molecular weight is 313 g/mol. The molecule has 1 aromatic carbocycles. The van der Waals surface area contributed by atoms with E-state index in [1.807, 2.05) is 0 Å². The summed E-state index contributed by atoms with van der Waals surface area (Å²) in [5, 5.41) is 8.42. The molecule has 2 rings (SSSR count). The van der Waals surface area contributed by atoms with Crippen LogP contribution in [0.5, 0.6) is 5.75 Å². The fraction of sp³-hybridized carbons (Fsp3) is 0.571. The predicted octanol–water partition coefficient (Wildman–Crippen LogP) is 0.397. The SMILES string of the molecule is CCN(CCOc1ccc(S(N)(=O)=O)cc1)C1CCNC1. The van der Waals surface area contributed by atoms with E-state index in [1.165, 1.54) is 18.6 Å². The molecule has 1 heterocycles. The Bertz CT molecular complexity index is 539. The molecule has 0 aromatic heterocycles. The van der Waals surface area contributed by atoms with Crippen LogP contribution in [0.2, 0.25) is 0 Å². The highest BCUT2D eigenvalue weighted by Gasteiger charge is 2.20. The van der Waals surface area contributed by atoms with Crippen LogP contribution in [-0.2, 0) is 10.0 Å². The molecule has 21 heavy (non-hydrogen) atoms. The van der Waals surface area contributed by atoms with Crippen molar-refractivity contribution >= 4 is 10.0 Å². The second kappa shape index (κ2) is 7.22. The molecule has 7 heteroatoms. The summed E-state index contributed by atoms with van der Waals surface area (Å²) in [6, 6.07) is 6.77. The number of benzene rings is 1. The van der Waals surface area contributed by atoms with Crippen molar-refractivity contribution in [1.29, 1.82) is 0 Å². The summed E-state index contributed by atoms with van der Waals surface area (Å²) in [6.45, 7) is 6.71. The lowest BCUT2D eigenvalue weighted by molar-refractivity contribution is 0.174. The molecule has 0 saturated carbocycles. The van der Waals surface area contributed by atoms with Gasteiger partial charge in [-0.05, 0) is 43.8 Å². The summed E-state index contributed by atoms with van der Waals surface area (Å²) >= 11 is 0. The molecule has 1 saturated heterocycles. The molecule has 1 unspecified atom stereocenters. The zero-order valence-corrected chi connectivity index (χ0v) is 13.1. The Balaban J connectivity index is 1.82. The van der Waals surface area contributed by atoms with Crippen molar-refractivity contribution in [2.45, 2.75) is 24.3 Å². The minimum atomic E-state index is -3.64. The van der Waals surface area contributed by atoms with Crippen LogP contribution in [0.4, 0.5) is 0 Å². The topological polar surface area (TPSA) is 84.7 Å². The summed E-state index contributed by atoms with van der Waals surface area (Å²) in [7, 11) is -3.64. The van der Waals surface area contributed by atoms with Gasteiger partial charge in [-0.15, -0.1) is 0 Å². The third-order valence-corrected chi connectivity index (χ3v) is 4.69. The monoisotopic (exact) mass is 313 g/mol. The van der Waals surface area contributed by atoms with Crippen molar-refractivity contribution in [3.05, 3.63) is 24.3 Å². The van der Waals surface area contributed by atoms with Crippen LogP contribution >= 0.6 is 0 Å². The lowest BCUT2D eigenvalue weighted by Crippen LogP contribution is -2.39. The van der Waals surface area contributed by atoms with Crippen molar-refractivity contribution in [1.82, 2.24) is 10.2 Å². The zero-order chi connectivity index (χ0) is 15.3. The lowest BCUT2D eigenvalue weighted by Gasteiger charge is -2.26. The second-order valence-corrected chi connectivity index (χ2v) is 6.70.